The Balaban J connectivity index is 1.88. The molecule has 1 aromatic rings. The first kappa shape index (κ1) is 20.2. The highest BCUT2D eigenvalue weighted by Crippen LogP contribution is 2.23. The van der Waals surface area contributed by atoms with Crippen LogP contribution in [0.2, 0.25) is 0 Å². The van der Waals surface area contributed by atoms with Crippen molar-refractivity contribution in [3.63, 3.8) is 0 Å². The summed E-state index contributed by atoms with van der Waals surface area (Å²) in [5.41, 5.74) is 3.36. The maximum Gasteiger partial charge on any atom is 0.404 e. The van der Waals surface area contributed by atoms with E-state index in [0.717, 1.165) is 11.3 Å². The van der Waals surface area contributed by atoms with Gasteiger partial charge in [0.1, 0.15) is 0 Å². The lowest BCUT2D eigenvalue weighted by atomic mass is 10.1. The molecule has 0 unspecified atom stereocenters. The Bertz CT molecular complexity index is 699. The van der Waals surface area contributed by atoms with Crippen LogP contribution in [0, 0.1) is 0 Å². The Morgan fingerprint density at radius 2 is 1.81 bits per heavy atom. The molecule has 1 saturated heterocycles. The van der Waals surface area contributed by atoms with Crippen LogP contribution in [0.3, 0.4) is 0 Å². The van der Waals surface area contributed by atoms with Crippen LogP contribution in [0.5, 0.6) is 0 Å². The molecule has 1 aliphatic rings. The topological polar surface area (TPSA) is 122 Å². The molecular weight excluding hydrogens is 352 g/mol. The Kier molecular flexibility index (Phi) is 7.63. The van der Waals surface area contributed by atoms with Crippen LogP contribution in [0.1, 0.15) is 18.4 Å². The van der Waals surface area contributed by atoms with E-state index in [1.54, 1.807) is 16.5 Å². The summed E-state index contributed by atoms with van der Waals surface area (Å²) < 4.78 is 0. The van der Waals surface area contributed by atoms with E-state index in [2.05, 4.69) is 10.2 Å². The van der Waals surface area contributed by atoms with E-state index in [0.29, 0.717) is 39.0 Å². The van der Waals surface area contributed by atoms with Crippen molar-refractivity contribution in [3.05, 3.63) is 35.9 Å². The van der Waals surface area contributed by atoms with Gasteiger partial charge in [-0.15, -0.1) is 0 Å². The highest BCUT2D eigenvalue weighted by Gasteiger charge is 2.21. The molecule has 27 heavy (non-hydrogen) atoms. The van der Waals surface area contributed by atoms with Crippen molar-refractivity contribution in [2.75, 3.05) is 37.6 Å². The fraction of sp³-hybridized carbons (Fsp3) is 0.389. The van der Waals surface area contributed by atoms with E-state index in [1.165, 1.54) is 6.08 Å². The number of carbonyl (C=O) groups excluding carboxylic acids is 2. The predicted octanol–water partition coefficient (Wildman–Crippen LogP) is 0.902. The summed E-state index contributed by atoms with van der Waals surface area (Å²) in [7, 11) is 0. The van der Waals surface area contributed by atoms with Crippen molar-refractivity contribution in [2.45, 2.75) is 12.8 Å². The number of carbonyl (C=O) groups is 3. The second-order valence-corrected chi connectivity index (χ2v) is 6.07. The molecule has 0 radical (unpaired) electrons. The monoisotopic (exact) mass is 376 g/mol. The average Bonchev–Trinajstić information content (AvgIpc) is 2.69. The van der Waals surface area contributed by atoms with Crippen LogP contribution >= 0.6 is 0 Å². The fourth-order valence-electron chi connectivity index (χ4n) is 2.91. The van der Waals surface area contributed by atoms with Gasteiger partial charge in [-0.25, -0.2) is 10.3 Å². The molecule has 9 nitrogen and oxygen atoms in total. The number of hydrogen-bond acceptors (Lipinski definition) is 5. The number of amides is 3. The molecule has 1 aliphatic heterocycles. The van der Waals surface area contributed by atoms with Gasteiger partial charge in [-0.1, -0.05) is 18.2 Å². The van der Waals surface area contributed by atoms with Gasteiger partial charge in [0, 0.05) is 50.9 Å². The van der Waals surface area contributed by atoms with Gasteiger partial charge in [-0.2, -0.15) is 0 Å². The number of benzene rings is 1. The van der Waals surface area contributed by atoms with E-state index in [1.807, 2.05) is 24.3 Å². The molecule has 146 valence electrons. The zero-order valence-electron chi connectivity index (χ0n) is 14.9. The Morgan fingerprint density at radius 1 is 1.11 bits per heavy atom. The highest BCUT2D eigenvalue weighted by atomic mass is 16.5. The van der Waals surface area contributed by atoms with Crippen LogP contribution in [0.25, 0.3) is 6.08 Å². The number of rotatable bonds is 7. The third kappa shape index (κ3) is 6.30. The molecule has 0 aromatic heterocycles. The molecule has 9 heteroatoms. The summed E-state index contributed by atoms with van der Waals surface area (Å²) in [4.78, 5) is 37.7. The van der Waals surface area contributed by atoms with Gasteiger partial charge in [0.05, 0.1) is 0 Å². The minimum absolute atomic E-state index is 0.0228. The lowest BCUT2D eigenvalue weighted by Gasteiger charge is -2.37. The van der Waals surface area contributed by atoms with Crippen molar-refractivity contribution >= 4 is 29.7 Å². The van der Waals surface area contributed by atoms with Crippen molar-refractivity contribution in [1.82, 2.24) is 15.7 Å². The number of carboxylic acid groups (broad SMARTS) is 1. The third-order valence-electron chi connectivity index (χ3n) is 4.28. The van der Waals surface area contributed by atoms with Gasteiger partial charge < -0.3 is 20.2 Å². The smallest absolute Gasteiger partial charge is 0.404 e. The SMILES string of the molecule is O=C(O)NCCCC(=O)N1CCN(c2ccccc2C=CC(=O)NO)CC1. The summed E-state index contributed by atoms with van der Waals surface area (Å²) >= 11 is 0. The second kappa shape index (κ2) is 10.2. The van der Waals surface area contributed by atoms with E-state index < -0.39 is 12.0 Å². The first-order valence-electron chi connectivity index (χ1n) is 8.72. The molecule has 3 amide bonds. The number of hydrogen-bond donors (Lipinski definition) is 4. The molecule has 0 bridgehead atoms. The van der Waals surface area contributed by atoms with E-state index in [-0.39, 0.29) is 12.5 Å². The van der Waals surface area contributed by atoms with Crippen LogP contribution < -0.4 is 15.7 Å². The number of anilines is 1. The van der Waals surface area contributed by atoms with Gasteiger partial charge in [0.2, 0.25) is 5.91 Å². The Hall–Kier alpha value is -3.07. The van der Waals surface area contributed by atoms with Crippen LogP contribution in [0.15, 0.2) is 30.3 Å². The molecule has 4 N–H and O–H groups in total. The van der Waals surface area contributed by atoms with Crippen molar-refractivity contribution in [1.29, 1.82) is 0 Å². The fourth-order valence-corrected chi connectivity index (χ4v) is 2.91. The zero-order valence-corrected chi connectivity index (χ0v) is 14.9. The second-order valence-electron chi connectivity index (χ2n) is 6.07. The first-order chi connectivity index (χ1) is 13.0. The maximum atomic E-state index is 12.2. The van der Waals surface area contributed by atoms with E-state index in [9.17, 15) is 14.4 Å². The Labute approximate surface area is 157 Å². The number of para-hydroxylation sites is 1. The molecule has 1 aromatic carbocycles. The summed E-state index contributed by atoms with van der Waals surface area (Å²) in [6.45, 7) is 2.76. The number of nitrogens with zero attached hydrogens (tertiary/aromatic N) is 2. The van der Waals surface area contributed by atoms with Crippen LogP contribution in [-0.2, 0) is 9.59 Å². The van der Waals surface area contributed by atoms with Crippen LogP contribution in [-0.4, -0.2) is 65.8 Å². The van der Waals surface area contributed by atoms with Gasteiger partial charge in [-0.3, -0.25) is 14.8 Å². The summed E-state index contributed by atoms with van der Waals surface area (Å²) in [6.07, 6.45) is 2.60. The molecule has 0 spiro atoms. The van der Waals surface area contributed by atoms with Gasteiger partial charge in [0.15, 0.2) is 0 Å². The standard InChI is InChI=1S/C18H24N4O5/c23-16(20-27)8-7-14-4-1-2-5-15(14)21-10-12-22(13-11-21)17(24)6-3-9-19-18(25)26/h1-2,4-5,7-8,19,27H,3,6,9-13H2,(H,20,23)(H,25,26). The molecular formula is C18H24N4O5. The third-order valence-corrected chi connectivity index (χ3v) is 4.28. The van der Waals surface area contributed by atoms with Gasteiger partial charge in [0.25, 0.3) is 5.91 Å². The molecule has 2 rings (SSSR count). The first-order valence-corrected chi connectivity index (χ1v) is 8.72. The van der Waals surface area contributed by atoms with Crippen molar-refractivity contribution in [2.24, 2.45) is 0 Å². The Morgan fingerprint density at radius 3 is 2.48 bits per heavy atom. The summed E-state index contributed by atoms with van der Waals surface area (Å²) in [6, 6.07) is 7.60. The lowest BCUT2D eigenvalue weighted by Crippen LogP contribution is -2.49. The highest BCUT2D eigenvalue weighted by molar-refractivity contribution is 5.91. The number of piperazine rings is 1. The zero-order chi connectivity index (χ0) is 19.6. The quantitative estimate of drug-likeness (QED) is 0.243. The number of nitrogens with one attached hydrogen (secondary N) is 2. The molecule has 0 atom stereocenters. The maximum absolute atomic E-state index is 12.2. The summed E-state index contributed by atoms with van der Waals surface area (Å²) in [5.74, 6) is -0.577. The van der Waals surface area contributed by atoms with Crippen LogP contribution in [0.4, 0.5) is 10.5 Å². The average molecular weight is 376 g/mol. The minimum atomic E-state index is -1.08. The molecule has 1 fully saturated rings. The lowest BCUT2D eigenvalue weighted by molar-refractivity contribution is -0.131. The van der Waals surface area contributed by atoms with Crippen molar-refractivity contribution in [3.8, 4) is 0 Å². The van der Waals surface area contributed by atoms with E-state index >= 15 is 0 Å². The number of hydroxylamine groups is 1. The minimum Gasteiger partial charge on any atom is -0.465 e. The van der Waals surface area contributed by atoms with E-state index in [4.69, 9.17) is 10.3 Å². The predicted molar refractivity (Wildman–Crippen MR) is 99.5 cm³/mol. The van der Waals surface area contributed by atoms with Gasteiger partial charge >= 0.3 is 6.09 Å². The van der Waals surface area contributed by atoms with Gasteiger partial charge in [-0.05, 0) is 24.1 Å². The summed E-state index contributed by atoms with van der Waals surface area (Å²) in [5, 5.41) is 19.4. The molecule has 1 heterocycles. The van der Waals surface area contributed by atoms with Crippen molar-refractivity contribution < 1.29 is 24.7 Å². The largest absolute Gasteiger partial charge is 0.465 e. The normalized spacial score (nSPS) is 14.3. The molecule has 0 aliphatic carbocycles. The molecule has 0 saturated carbocycles.